The molecule has 0 radical (unpaired) electrons. The quantitative estimate of drug-likeness (QED) is 0.247. The Balaban J connectivity index is 2.30. The molecular formula is C16H14Cl2N2OS2. The molecule has 3 nitrogen and oxygen atoms in total. The third-order valence-electron chi connectivity index (χ3n) is 3.08. The van der Waals surface area contributed by atoms with E-state index in [4.69, 9.17) is 29.0 Å². The number of benzene rings is 2. The number of nitrogens with two attached hydrogens (primary N) is 1. The van der Waals surface area contributed by atoms with Gasteiger partial charge in [-0.1, -0.05) is 35.0 Å². The second kappa shape index (κ2) is 8.64. The molecule has 23 heavy (non-hydrogen) atoms. The highest BCUT2D eigenvalue weighted by atomic mass is 35.5. The van der Waals surface area contributed by atoms with Gasteiger partial charge in [0.2, 0.25) is 0 Å². The van der Waals surface area contributed by atoms with E-state index in [1.807, 2.05) is 30.5 Å². The minimum atomic E-state index is -0.560. The zero-order chi connectivity index (χ0) is 16.8. The summed E-state index contributed by atoms with van der Waals surface area (Å²) in [6.45, 7) is 0. The van der Waals surface area contributed by atoms with Crippen molar-refractivity contribution in [2.45, 2.75) is 20.6 Å². The number of rotatable bonds is 6. The monoisotopic (exact) mass is 384 g/mol. The lowest BCUT2D eigenvalue weighted by Gasteiger charge is -2.11. The molecule has 0 amide bonds. The lowest BCUT2D eigenvalue weighted by molar-refractivity contribution is -0.107. The normalized spacial score (nSPS) is 12.5. The molecule has 2 N–H and O–H groups in total. The topological polar surface area (TPSA) is 55.5 Å². The standard InChI is InChI=1S/C16H14Cl2N2OS2/c1-22-12-2-4-13(5-3-12)23-16-14(17)6-10(7-15(16)18)11(9-21)8-20-19/h2-9,11H,19H2,1H3. The van der Waals surface area contributed by atoms with E-state index in [1.165, 1.54) is 22.9 Å². The van der Waals surface area contributed by atoms with Gasteiger partial charge in [0.1, 0.15) is 6.29 Å². The molecule has 7 heteroatoms. The lowest BCUT2D eigenvalue weighted by atomic mass is 10.0. The second-order valence-electron chi connectivity index (χ2n) is 4.55. The maximum atomic E-state index is 11.1. The van der Waals surface area contributed by atoms with Crippen molar-refractivity contribution in [1.29, 1.82) is 0 Å². The number of halogens is 2. The molecule has 0 fully saturated rings. The first-order chi connectivity index (χ1) is 11.1. The molecule has 0 heterocycles. The van der Waals surface area contributed by atoms with E-state index < -0.39 is 5.92 Å². The molecule has 0 bridgehead atoms. The zero-order valence-corrected chi connectivity index (χ0v) is 15.3. The summed E-state index contributed by atoms with van der Waals surface area (Å²) in [5, 5.41) is 4.38. The Morgan fingerprint density at radius 3 is 2.17 bits per heavy atom. The van der Waals surface area contributed by atoms with Gasteiger partial charge in [-0.05, 0) is 48.2 Å². The average Bonchev–Trinajstić information content (AvgIpc) is 2.56. The SMILES string of the molecule is CSc1ccc(Sc2c(Cl)cc(C(C=O)C=NN)cc2Cl)cc1. The van der Waals surface area contributed by atoms with Crippen LogP contribution < -0.4 is 5.84 Å². The van der Waals surface area contributed by atoms with Crippen LogP contribution >= 0.6 is 46.7 Å². The van der Waals surface area contributed by atoms with Gasteiger partial charge in [-0.3, -0.25) is 0 Å². The Labute approximate surface area is 153 Å². The third-order valence-corrected chi connectivity index (χ3v) is 5.79. The minimum Gasteiger partial charge on any atom is -0.324 e. The summed E-state index contributed by atoms with van der Waals surface area (Å²) >= 11 is 15.9. The van der Waals surface area contributed by atoms with E-state index in [-0.39, 0.29) is 0 Å². The van der Waals surface area contributed by atoms with Gasteiger partial charge in [-0.25, -0.2) is 0 Å². The predicted molar refractivity (Wildman–Crippen MR) is 100 cm³/mol. The Kier molecular flexibility index (Phi) is 6.84. The molecule has 120 valence electrons. The first-order valence-corrected chi connectivity index (χ1v) is 9.38. The maximum Gasteiger partial charge on any atom is 0.132 e. The van der Waals surface area contributed by atoms with Crippen LogP contribution in [0.5, 0.6) is 0 Å². The van der Waals surface area contributed by atoms with Gasteiger partial charge >= 0.3 is 0 Å². The van der Waals surface area contributed by atoms with Crippen molar-refractivity contribution in [3.8, 4) is 0 Å². The Bertz CT molecular complexity index is 698. The number of carbonyl (C=O) groups is 1. The summed E-state index contributed by atoms with van der Waals surface area (Å²) in [6.07, 6.45) is 4.12. The molecular weight excluding hydrogens is 371 g/mol. The molecule has 2 rings (SSSR count). The lowest BCUT2D eigenvalue weighted by Crippen LogP contribution is -2.03. The first kappa shape index (κ1) is 18.2. The van der Waals surface area contributed by atoms with Gasteiger partial charge in [0, 0.05) is 20.9 Å². The summed E-state index contributed by atoms with van der Waals surface area (Å²) < 4.78 is 0. The highest BCUT2D eigenvalue weighted by molar-refractivity contribution is 7.99. The number of hydrogen-bond acceptors (Lipinski definition) is 5. The highest BCUT2D eigenvalue weighted by Gasteiger charge is 2.15. The Morgan fingerprint density at radius 2 is 1.70 bits per heavy atom. The number of hydrogen-bond donors (Lipinski definition) is 1. The van der Waals surface area contributed by atoms with Crippen LogP contribution in [0.4, 0.5) is 0 Å². The third kappa shape index (κ3) is 4.67. The fourth-order valence-electron chi connectivity index (χ4n) is 1.92. The van der Waals surface area contributed by atoms with Crippen molar-refractivity contribution in [3.05, 3.63) is 52.0 Å². The van der Waals surface area contributed by atoms with Crippen molar-refractivity contribution >= 4 is 59.2 Å². The van der Waals surface area contributed by atoms with E-state index >= 15 is 0 Å². The molecule has 2 aromatic carbocycles. The molecule has 0 spiro atoms. The van der Waals surface area contributed by atoms with Gasteiger partial charge in [-0.2, -0.15) is 5.10 Å². The molecule has 1 unspecified atom stereocenters. The first-order valence-electron chi connectivity index (χ1n) is 6.58. The predicted octanol–water partition coefficient (Wildman–Crippen LogP) is 5.09. The summed E-state index contributed by atoms with van der Waals surface area (Å²) in [5.74, 6) is 4.55. The van der Waals surface area contributed by atoms with E-state index in [2.05, 4.69) is 5.10 Å². The van der Waals surface area contributed by atoms with E-state index in [0.717, 1.165) is 16.1 Å². The number of nitrogens with zero attached hydrogens (tertiary/aromatic N) is 1. The number of aldehydes is 1. The van der Waals surface area contributed by atoms with Crippen LogP contribution in [0.15, 0.2) is 56.2 Å². The van der Waals surface area contributed by atoms with Gasteiger partial charge in [0.25, 0.3) is 0 Å². The molecule has 1 atom stereocenters. The highest BCUT2D eigenvalue weighted by Crippen LogP contribution is 2.40. The van der Waals surface area contributed by atoms with Crippen molar-refractivity contribution in [3.63, 3.8) is 0 Å². The summed E-state index contributed by atoms with van der Waals surface area (Å²) in [4.78, 5) is 14.1. The number of thioether (sulfide) groups is 1. The number of carbonyl (C=O) groups excluding carboxylic acids is 1. The van der Waals surface area contributed by atoms with Crippen LogP contribution in [0.3, 0.4) is 0 Å². The minimum absolute atomic E-state index is 0.490. The van der Waals surface area contributed by atoms with Crippen molar-refractivity contribution < 1.29 is 4.79 Å². The van der Waals surface area contributed by atoms with Crippen molar-refractivity contribution in [2.24, 2.45) is 10.9 Å². The van der Waals surface area contributed by atoms with Crippen molar-refractivity contribution in [1.82, 2.24) is 0 Å². The van der Waals surface area contributed by atoms with E-state index in [9.17, 15) is 4.79 Å². The molecule has 0 saturated heterocycles. The van der Waals surface area contributed by atoms with Gasteiger partial charge in [-0.15, -0.1) is 11.8 Å². The smallest absolute Gasteiger partial charge is 0.132 e. The van der Waals surface area contributed by atoms with Crippen LogP contribution in [-0.2, 0) is 4.79 Å². The summed E-state index contributed by atoms with van der Waals surface area (Å²) in [5.41, 5.74) is 0.659. The van der Waals surface area contributed by atoms with Crippen LogP contribution in [0.2, 0.25) is 10.0 Å². The van der Waals surface area contributed by atoms with Gasteiger partial charge in [0.05, 0.1) is 16.0 Å². The molecule has 0 aliphatic heterocycles. The second-order valence-corrected chi connectivity index (χ2v) is 7.33. The molecule has 0 saturated carbocycles. The maximum absolute atomic E-state index is 11.1. The van der Waals surface area contributed by atoms with Crippen molar-refractivity contribution in [2.75, 3.05) is 6.26 Å². The largest absolute Gasteiger partial charge is 0.324 e. The van der Waals surface area contributed by atoms with Crippen LogP contribution in [0.1, 0.15) is 11.5 Å². The average molecular weight is 385 g/mol. The molecule has 2 aromatic rings. The Hall–Kier alpha value is -1.14. The fourth-order valence-corrected chi connectivity index (χ4v) is 3.89. The summed E-state index contributed by atoms with van der Waals surface area (Å²) in [7, 11) is 0. The van der Waals surface area contributed by atoms with E-state index in [0.29, 0.717) is 15.6 Å². The number of hydrazone groups is 1. The molecule has 0 aliphatic rings. The Morgan fingerprint density at radius 1 is 1.13 bits per heavy atom. The molecule has 0 aliphatic carbocycles. The van der Waals surface area contributed by atoms with Gasteiger partial charge < -0.3 is 10.6 Å². The van der Waals surface area contributed by atoms with E-state index in [1.54, 1.807) is 23.9 Å². The van der Waals surface area contributed by atoms with Gasteiger partial charge in [0.15, 0.2) is 0 Å². The summed E-state index contributed by atoms with van der Waals surface area (Å²) in [6, 6.07) is 11.6. The zero-order valence-electron chi connectivity index (χ0n) is 12.2. The van der Waals surface area contributed by atoms with Crippen LogP contribution in [-0.4, -0.2) is 18.8 Å². The molecule has 0 aromatic heterocycles. The van der Waals surface area contributed by atoms with Crippen LogP contribution in [0, 0.1) is 0 Å². The fraction of sp³-hybridized carbons (Fsp3) is 0.125. The van der Waals surface area contributed by atoms with Crippen LogP contribution in [0.25, 0.3) is 0 Å².